The summed E-state index contributed by atoms with van der Waals surface area (Å²) in [4.78, 5) is 11.7. The quantitative estimate of drug-likeness (QED) is 0.670. The van der Waals surface area contributed by atoms with Gasteiger partial charge in [-0.3, -0.25) is 4.79 Å². The van der Waals surface area contributed by atoms with Gasteiger partial charge in [0.05, 0.1) is 0 Å². The monoisotopic (exact) mass is 228 g/mol. The molecule has 3 N–H and O–H groups in total. The second kappa shape index (κ2) is 8.57. The number of amides is 1. The summed E-state index contributed by atoms with van der Waals surface area (Å²) in [7, 11) is 0. The highest BCUT2D eigenvalue weighted by atomic mass is 16.1. The fraction of sp³-hybridized carbons (Fsp3) is 0.923. The van der Waals surface area contributed by atoms with Crippen molar-refractivity contribution in [3.63, 3.8) is 0 Å². The molecule has 16 heavy (non-hydrogen) atoms. The Hall–Kier alpha value is -0.570. The first-order chi connectivity index (χ1) is 7.60. The van der Waals surface area contributed by atoms with Crippen LogP contribution in [0.15, 0.2) is 0 Å². The van der Waals surface area contributed by atoms with Gasteiger partial charge in [0.1, 0.15) is 0 Å². The van der Waals surface area contributed by atoms with Crippen molar-refractivity contribution in [2.75, 3.05) is 6.54 Å². The predicted octanol–water partition coefficient (Wildman–Crippen LogP) is 2.30. The second-order valence-electron chi connectivity index (χ2n) is 4.50. The third kappa shape index (κ3) is 4.97. The molecule has 3 nitrogen and oxygen atoms in total. The van der Waals surface area contributed by atoms with Crippen LogP contribution in [-0.4, -0.2) is 18.5 Å². The molecule has 0 aliphatic heterocycles. The smallest absolute Gasteiger partial charge is 0.223 e. The van der Waals surface area contributed by atoms with E-state index in [1.165, 1.54) is 0 Å². The van der Waals surface area contributed by atoms with Crippen LogP contribution in [0.3, 0.4) is 0 Å². The minimum absolute atomic E-state index is 0.0910. The van der Waals surface area contributed by atoms with Gasteiger partial charge in [-0.15, -0.1) is 0 Å². The third-order valence-electron chi connectivity index (χ3n) is 3.52. The van der Waals surface area contributed by atoms with Crippen LogP contribution in [0.5, 0.6) is 0 Å². The minimum Gasteiger partial charge on any atom is -0.354 e. The van der Waals surface area contributed by atoms with E-state index in [9.17, 15) is 4.79 Å². The summed E-state index contributed by atoms with van der Waals surface area (Å²) in [5, 5.41) is 2.97. The predicted molar refractivity (Wildman–Crippen MR) is 69.1 cm³/mol. The van der Waals surface area contributed by atoms with E-state index in [0.717, 1.165) is 25.7 Å². The van der Waals surface area contributed by atoms with E-state index in [0.29, 0.717) is 12.5 Å². The Morgan fingerprint density at radius 1 is 1.06 bits per heavy atom. The molecule has 0 spiro atoms. The zero-order chi connectivity index (χ0) is 12.6. The number of rotatable bonds is 8. The Kier molecular flexibility index (Phi) is 8.26. The van der Waals surface area contributed by atoms with Gasteiger partial charge in [0.25, 0.3) is 0 Å². The molecule has 0 aromatic carbocycles. The van der Waals surface area contributed by atoms with E-state index in [4.69, 9.17) is 5.73 Å². The molecule has 1 atom stereocenters. The van der Waals surface area contributed by atoms with Crippen molar-refractivity contribution in [1.82, 2.24) is 5.32 Å². The van der Waals surface area contributed by atoms with Gasteiger partial charge in [-0.25, -0.2) is 0 Å². The molecule has 0 saturated carbocycles. The molecule has 0 aliphatic rings. The van der Waals surface area contributed by atoms with Crippen LogP contribution in [-0.2, 0) is 4.79 Å². The van der Waals surface area contributed by atoms with Gasteiger partial charge < -0.3 is 11.1 Å². The Labute approximate surface area is 100 Å². The summed E-state index contributed by atoms with van der Waals surface area (Å²) in [6, 6.07) is 0.0910. The summed E-state index contributed by atoms with van der Waals surface area (Å²) < 4.78 is 0. The molecule has 3 heteroatoms. The van der Waals surface area contributed by atoms with Crippen LogP contribution in [0.2, 0.25) is 0 Å². The maximum absolute atomic E-state index is 11.7. The van der Waals surface area contributed by atoms with Crippen molar-refractivity contribution >= 4 is 5.91 Å². The first-order valence-corrected chi connectivity index (χ1v) is 6.63. The van der Waals surface area contributed by atoms with Crippen LogP contribution >= 0.6 is 0 Å². The number of nitrogens with one attached hydrogen (secondary N) is 1. The Bertz CT molecular complexity index is 186. The standard InChI is InChI=1S/C13H28N2O/c1-5-10(6-2)12(14)9-15-13(16)11(7-3)8-4/h10-12H,5-9,14H2,1-4H3,(H,15,16). The number of carbonyl (C=O) groups is 1. The molecule has 0 saturated heterocycles. The summed E-state index contributed by atoms with van der Waals surface area (Å²) in [5.41, 5.74) is 6.06. The zero-order valence-corrected chi connectivity index (χ0v) is 11.3. The lowest BCUT2D eigenvalue weighted by atomic mass is 9.94. The summed E-state index contributed by atoms with van der Waals surface area (Å²) >= 11 is 0. The fourth-order valence-electron chi connectivity index (χ4n) is 2.08. The molecule has 0 aromatic heterocycles. The van der Waals surface area contributed by atoms with Gasteiger partial charge in [-0.05, 0) is 18.8 Å². The van der Waals surface area contributed by atoms with Crippen molar-refractivity contribution in [3.05, 3.63) is 0 Å². The van der Waals surface area contributed by atoms with Crippen LogP contribution < -0.4 is 11.1 Å². The molecule has 0 bridgehead atoms. The van der Waals surface area contributed by atoms with Crippen LogP contribution in [0, 0.1) is 11.8 Å². The maximum atomic E-state index is 11.7. The van der Waals surface area contributed by atoms with Crippen molar-refractivity contribution < 1.29 is 4.79 Å². The zero-order valence-electron chi connectivity index (χ0n) is 11.3. The van der Waals surface area contributed by atoms with Gasteiger partial charge >= 0.3 is 0 Å². The number of carbonyl (C=O) groups excluding carboxylic acids is 1. The van der Waals surface area contributed by atoms with Crippen LogP contribution in [0.1, 0.15) is 53.4 Å². The van der Waals surface area contributed by atoms with Gasteiger partial charge in [-0.2, -0.15) is 0 Å². The Balaban J connectivity index is 3.99. The van der Waals surface area contributed by atoms with Crippen molar-refractivity contribution in [2.45, 2.75) is 59.4 Å². The first kappa shape index (κ1) is 15.4. The molecule has 0 heterocycles. The molecule has 0 rings (SSSR count). The molecule has 0 fully saturated rings. The summed E-state index contributed by atoms with van der Waals surface area (Å²) in [6.45, 7) is 9.01. The number of hydrogen-bond acceptors (Lipinski definition) is 2. The Morgan fingerprint density at radius 2 is 1.56 bits per heavy atom. The Morgan fingerprint density at radius 3 is 1.94 bits per heavy atom. The molecule has 0 aliphatic carbocycles. The highest BCUT2D eigenvalue weighted by molar-refractivity contribution is 5.78. The average molecular weight is 228 g/mol. The van der Waals surface area contributed by atoms with Gasteiger partial charge in [0.15, 0.2) is 0 Å². The molecule has 1 unspecified atom stereocenters. The lowest BCUT2D eigenvalue weighted by Crippen LogP contribution is -2.43. The summed E-state index contributed by atoms with van der Waals surface area (Å²) in [6.07, 6.45) is 3.97. The normalized spacial score (nSPS) is 13.2. The minimum atomic E-state index is 0.0910. The van der Waals surface area contributed by atoms with E-state index in [-0.39, 0.29) is 17.9 Å². The van der Waals surface area contributed by atoms with E-state index in [2.05, 4.69) is 33.0 Å². The molecule has 96 valence electrons. The maximum Gasteiger partial charge on any atom is 0.223 e. The SMILES string of the molecule is CCC(CC)C(=O)NCC(N)C(CC)CC. The van der Waals surface area contributed by atoms with Crippen LogP contribution in [0.25, 0.3) is 0 Å². The first-order valence-electron chi connectivity index (χ1n) is 6.63. The molecular weight excluding hydrogens is 200 g/mol. The van der Waals surface area contributed by atoms with E-state index >= 15 is 0 Å². The van der Waals surface area contributed by atoms with Gasteiger partial charge in [0, 0.05) is 18.5 Å². The topological polar surface area (TPSA) is 55.1 Å². The molecule has 1 amide bonds. The molecule has 0 radical (unpaired) electrons. The van der Waals surface area contributed by atoms with Gasteiger partial charge in [-0.1, -0.05) is 40.5 Å². The fourth-order valence-corrected chi connectivity index (χ4v) is 2.08. The largest absolute Gasteiger partial charge is 0.354 e. The average Bonchev–Trinajstić information content (AvgIpc) is 2.29. The third-order valence-corrected chi connectivity index (χ3v) is 3.52. The highest BCUT2D eigenvalue weighted by Gasteiger charge is 2.17. The van der Waals surface area contributed by atoms with E-state index in [1.807, 2.05) is 0 Å². The van der Waals surface area contributed by atoms with Crippen LogP contribution in [0.4, 0.5) is 0 Å². The lowest BCUT2D eigenvalue weighted by Gasteiger charge is -2.22. The van der Waals surface area contributed by atoms with E-state index < -0.39 is 0 Å². The van der Waals surface area contributed by atoms with E-state index in [1.54, 1.807) is 0 Å². The summed E-state index contributed by atoms with van der Waals surface area (Å²) in [5.74, 6) is 0.822. The highest BCUT2D eigenvalue weighted by Crippen LogP contribution is 2.11. The molecular formula is C13H28N2O. The van der Waals surface area contributed by atoms with Crippen molar-refractivity contribution in [2.24, 2.45) is 17.6 Å². The van der Waals surface area contributed by atoms with Crippen molar-refractivity contribution in [3.8, 4) is 0 Å². The lowest BCUT2D eigenvalue weighted by molar-refractivity contribution is -0.125. The second-order valence-corrected chi connectivity index (χ2v) is 4.50. The van der Waals surface area contributed by atoms with Gasteiger partial charge in [0.2, 0.25) is 5.91 Å². The molecule has 0 aromatic rings. The number of nitrogens with two attached hydrogens (primary N) is 1. The number of hydrogen-bond donors (Lipinski definition) is 2. The van der Waals surface area contributed by atoms with Crippen molar-refractivity contribution in [1.29, 1.82) is 0 Å².